The second kappa shape index (κ2) is 6.11. The van der Waals surface area contributed by atoms with Crippen LogP contribution in [0.25, 0.3) is 16.7 Å². The molecule has 5 heteroatoms. The average Bonchev–Trinajstić information content (AvgIpc) is 2.76. The first kappa shape index (κ1) is 15.1. The number of rotatable bonds is 3. The summed E-state index contributed by atoms with van der Waals surface area (Å²) >= 11 is 13.1. The van der Waals surface area contributed by atoms with Crippen molar-refractivity contribution in [1.82, 2.24) is 9.55 Å². The predicted molar refractivity (Wildman–Crippen MR) is 95.6 cm³/mol. The highest BCUT2D eigenvalue weighted by Crippen LogP contribution is 2.29. The monoisotopic (exact) mass is 426 g/mol. The Hall–Kier alpha value is -0.840. The zero-order chi connectivity index (χ0) is 15.0. The number of imidazole rings is 1. The molecule has 1 heterocycles. The van der Waals surface area contributed by atoms with Gasteiger partial charge in [-0.15, -0.1) is 11.6 Å². The van der Waals surface area contributed by atoms with Crippen LogP contribution in [0.4, 0.5) is 0 Å². The fourth-order valence-corrected chi connectivity index (χ4v) is 3.61. The van der Waals surface area contributed by atoms with Gasteiger partial charge in [0, 0.05) is 21.2 Å². The minimum Gasteiger partial charge on any atom is -0.295 e. The lowest BCUT2D eigenvalue weighted by atomic mass is 10.2. The quantitative estimate of drug-likeness (QED) is 0.494. The Labute approximate surface area is 145 Å². The van der Waals surface area contributed by atoms with Crippen LogP contribution in [0.1, 0.15) is 11.4 Å². The minimum absolute atomic E-state index is 0.550. The van der Waals surface area contributed by atoms with Gasteiger partial charge in [-0.3, -0.25) is 4.57 Å². The van der Waals surface area contributed by atoms with Crippen LogP contribution < -0.4 is 0 Å². The van der Waals surface area contributed by atoms with Crippen LogP contribution in [0, 0.1) is 6.92 Å². The summed E-state index contributed by atoms with van der Waals surface area (Å²) < 4.78 is 4.26. The van der Waals surface area contributed by atoms with Gasteiger partial charge in [0.05, 0.1) is 16.7 Å². The third-order valence-electron chi connectivity index (χ3n) is 3.35. The van der Waals surface area contributed by atoms with Gasteiger partial charge in [0.2, 0.25) is 0 Å². The van der Waals surface area contributed by atoms with Crippen molar-refractivity contribution in [3.63, 3.8) is 0 Å². The van der Waals surface area contributed by atoms with Gasteiger partial charge in [0.1, 0.15) is 5.82 Å². The maximum Gasteiger partial charge on any atom is 0.115 e. The number of alkyl halides is 1. The van der Waals surface area contributed by atoms with E-state index in [1.54, 1.807) is 0 Å². The molecule has 2 nitrogen and oxygen atoms in total. The normalized spacial score (nSPS) is 11.2. The van der Waals surface area contributed by atoms with E-state index in [9.17, 15) is 0 Å². The van der Waals surface area contributed by atoms with E-state index in [4.69, 9.17) is 16.6 Å². The molecule has 0 aliphatic heterocycles. The molecule has 0 aliphatic carbocycles. The van der Waals surface area contributed by atoms with Crippen LogP contribution in [0.15, 0.2) is 45.3 Å². The van der Waals surface area contributed by atoms with E-state index >= 15 is 0 Å². The van der Waals surface area contributed by atoms with Crippen LogP contribution in [0.5, 0.6) is 0 Å². The Morgan fingerprint density at radius 3 is 2.67 bits per heavy atom. The van der Waals surface area contributed by atoms with Crippen molar-refractivity contribution >= 4 is 54.5 Å². The molecule has 0 spiro atoms. The van der Waals surface area contributed by atoms with E-state index in [1.165, 1.54) is 5.56 Å². The van der Waals surface area contributed by atoms with E-state index in [2.05, 4.69) is 67.6 Å². The smallest absolute Gasteiger partial charge is 0.115 e. The number of halogens is 3. The molecular formula is C16H13Br2ClN2. The zero-order valence-electron chi connectivity index (χ0n) is 11.4. The van der Waals surface area contributed by atoms with Gasteiger partial charge in [0.25, 0.3) is 0 Å². The molecule has 3 rings (SSSR count). The summed E-state index contributed by atoms with van der Waals surface area (Å²) in [7, 11) is 0. The second-order valence-corrected chi connectivity index (χ2v) is 7.04. The number of hydrogen-bond acceptors (Lipinski definition) is 1. The Balaban J connectivity index is 2.30. The average molecular weight is 429 g/mol. The first-order valence-electron chi connectivity index (χ1n) is 6.59. The molecule has 0 bridgehead atoms. The van der Waals surface area contributed by atoms with Crippen LogP contribution >= 0.6 is 43.5 Å². The second-order valence-electron chi connectivity index (χ2n) is 4.89. The number of aromatic nitrogens is 2. The lowest BCUT2D eigenvalue weighted by Gasteiger charge is -2.11. The largest absolute Gasteiger partial charge is 0.295 e. The predicted octanol–water partition coefficient (Wildman–Crippen LogP) is 5.64. The van der Waals surface area contributed by atoms with Crippen molar-refractivity contribution in [3.05, 3.63) is 56.7 Å². The molecule has 0 unspecified atom stereocenters. The molecule has 0 N–H and O–H groups in total. The molecule has 21 heavy (non-hydrogen) atoms. The van der Waals surface area contributed by atoms with E-state index < -0.39 is 0 Å². The molecule has 1 aromatic heterocycles. The SMILES string of the molecule is Cc1ccc(-n2c(CCCl)nc3cc(Br)ccc32)c(Br)c1. The van der Waals surface area contributed by atoms with E-state index in [-0.39, 0.29) is 0 Å². The molecule has 0 saturated heterocycles. The summed E-state index contributed by atoms with van der Waals surface area (Å²) in [5, 5.41) is 0. The topological polar surface area (TPSA) is 17.8 Å². The first-order chi connectivity index (χ1) is 10.1. The highest BCUT2D eigenvalue weighted by Gasteiger charge is 2.14. The fourth-order valence-electron chi connectivity index (χ4n) is 2.42. The number of fused-ring (bicyclic) bond motifs is 1. The molecule has 0 fully saturated rings. The van der Waals surface area contributed by atoms with Gasteiger partial charge in [-0.1, -0.05) is 22.0 Å². The van der Waals surface area contributed by atoms with Gasteiger partial charge < -0.3 is 0 Å². The van der Waals surface area contributed by atoms with Crippen molar-refractivity contribution in [2.45, 2.75) is 13.3 Å². The maximum absolute atomic E-state index is 5.95. The first-order valence-corrected chi connectivity index (χ1v) is 8.71. The maximum atomic E-state index is 5.95. The summed E-state index contributed by atoms with van der Waals surface area (Å²) in [5.41, 5.74) is 4.36. The molecule has 0 saturated carbocycles. The molecule has 0 radical (unpaired) electrons. The third-order valence-corrected chi connectivity index (χ3v) is 4.67. The minimum atomic E-state index is 0.550. The van der Waals surface area contributed by atoms with Gasteiger partial charge in [-0.05, 0) is 58.7 Å². The number of benzene rings is 2. The van der Waals surface area contributed by atoms with Crippen molar-refractivity contribution in [3.8, 4) is 5.69 Å². The molecule has 108 valence electrons. The summed E-state index contributed by atoms with van der Waals surface area (Å²) in [6.45, 7) is 2.08. The number of hydrogen-bond donors (Lipinski definition) is 0. The number of aryl methyl sites for hydroxylation is 2. The van der Waals surface area contributed by atoms with Crippen LogP contribution in [0.3, 0.4) is 0 Å². The zero-order valence-corrected chi connectivity index (χ0v) is 15.3. The Bertz CT molecular complexity index is 811. The van der Waals surface area contributed by atoms with Crippen molar-refractivity contribution in [2.24, 2.45) is 0 Å². The summed E-state index contributed by atoms with van der Waals surface area (Å²) in [6.07, 6.45) is 0.730. The van der Waals surface area contributed by atoms with E-state index in [0.29, 0.717) is 5.88 Å². The van der Waals surface area contributed by atoms with Crippen LogP contribution in [-0.4, -0.2) is 15.4 Å². The molecular weight excluding hydrogens is 415 g/mol. The highest BCUT2D eigenvalue weighted by molar-refractivity contribution is 9.10. The molecule has 3 aromatic rings. The molecule has 0 amide bonds. The van der Waals surface area contributed by atoms with E-state index in [1.807, 2.05) is 12.1 Å². The highest BCUT2D eigenvalue weighted by atomic mass is 79.9. The molecule has 2 aromatic carbocycles. The van der Waals surface area contributed by atoms with Gasteiger partial charge >= 0.3 is 0 Å². The Kier molecular flexibility index (Phi) is 4.38. The Morgan fingerprint density at radius 2 is 1.95 bits per heavy atom. The van der Waals surface area contributed by atoms with Gasteiger partial charge in [0.15, 0.2) is 0 Å². The fraction of sp³-hybridized carbons (Fsp3) is 0.188. The van der Waals surface area contributed by atoms with Crippen molar-refractivity contribution < 1.29 is 0 Å². The van der Waals surface area contributed by atoms with Crippen molar-refractivity contribution in [2.75, 3.05) is 5.88 Å². The standard InChI is InChI=1S/C16H13Br2ClN2/c1-10-2-4-14(12(18)8-10)21-15-5-3-11(17)9-13(15)20-16(21)6-7-19/h2-5,8-9H,6-7H2,1H3. The lowest BCUT2D eigenvalue weighted by molar-refractivity contribution is 0.909. The molecule has 0 atom stereocenters. The molecule has 0 aliphatic rings. The van der Waals surface area contributed by atoms with Gasteiger partial charge in [-0.25, -0.2) is 4.98 Å². The van der Waals surface area contributed by atoms with Crippen LogP contribution in [-0.2, 0) is 6.42 Å². The van der Waals surface area contributed by atoms with E-state index in [0.717, 1.165) is 37.9 Å². The number of nitrogens with zero attached hydrogens (tertiary/aromatic N) is 2. The summed E-state index contributed by atoms with van der Waals surface area (Å²) in [4.78, 5) is 4.73. The van der Waals surface area contributed by atoms with Gasteiger partial charge in [-0.2, -0.15) is 0 Å². The third kappa shape index (κ3) is 2.89. The summed E-state index contributed by atoms with van der Waals surface area (Å²) in [6, 6.07) is 12.5. The lowest BCUT2D eigenvalue weighted by Crippen LogP contribution is -2.03. The van der Waals surface area contributed by atoms with Crippen LogP contribution in [0.2, 0.25) is 0 Å². The van der Waals surface area contributed by atoms with Crippen molar-refractivity contribution in [1.29, 1.82) is 0 Å². The summed E-state index contributed by atoms with van der Waals surface area (Å²) in [5.74, 6) is 1.52. The Morgan fingerprint density at radius 1 is 1.14 bits per heavy atom.